The molecule has 6 heteroatoms. The molecule has 0 saturated heterocycles. The zero-order valence-corrected chi connectivity index (χ0v) is 16.9. The van der Waals surface area contributed by atoms with Crippen molar-refractivity contribution < 1.29 is 4.79 Å². The van der Waals surface area contributed by atoms with Crippen molar-refractivity contribution in [3.63, 3.8) is 0 Å². The highest BCUT2D eigenvalue weighted by Crippen LogP contribution is 2.32. The fourth-order valence-corrected chi connectivity index (χ4v) is 4.29. The first-order valence-electron chi connectivity index (χ1n) is 10.2. The van der Waals surface area contributed by atoms with Crippen LogP contribution >= 0.6 is 0 Å². The number of nitrogens with one attached hydrogen (secondary N) is 1. The predicted molar refractivity (Wildman–Crippen MR) is 117 cm³/mol. The Balaban J connectivity index is 1.61. The number of primary amides is 1. The summed E-state index contributed by atoms with van der Waals surface area (Å²) in [5.41, 5.74) is 12.3. The Kier molecular flexibility index (Phi) is 4.47. The zero-order chi connectivity index (χ0) is 20.7. The molecule has 1 aliphatic carbocycles. The SMILES string of the molecule is Cc1cc2c(C(N)=O)cccn2c1-c1nc2c(c(NCc3ccccc3)n1)CCC2. The largest absolute Gasteiger partial charge is 0.366 e. The first-order valence-corrected chi connectivity index (χ1v) is 10.2. The van der Waals surface area contributed by atoms with Crippen LogP contribution in [0.2, 0.25) is 0 Å². The second kappa shape index (κ2) is 7.30. The molecule has 0 atom stereocenters. The molecule has 6 nitrogen and oxygen atoms in total. The second-order valence-corrected chi connectivity index (χ2v) is 7.73. The first-order chi connectivity index (χ1) is 14.6. The molecule has 0 bridgehead atoms. The van der Waals surface area contributed by atoms with Crippen LogP contribution in [0.4, 0.5) is 5.82 Å². The number of rotatable bonds is 5. The van der Waals surface area contributed by atoms with E-state index in [1.165, 1.54) is 11.1 Å². The van der Waals surface area contributed by atoms with Crippen molar-refractivity contribution in [2.75, 3.05) is 5.32 Å². The molecule has 3 aromatic heterocycles. The van der Waals surface area contributed by atoms with E-state index >= 15 is 0 Å². The molecule has 0 unspecified atom stereocenters. The summed E-state index contributed by atoms with van der Waals surface area (Å²) in [5, 5.41) is 3.53. The number of carbonyl (C=O) groups excluding carboxylic acids is 1. The highest BCUT2D eigenvalue weighted by molar-refractivity contribution is 6.00. The van der Waals surface area contributed by atoms with E-state index in [1.807, 2.05) is 47.9 Å². The van der Waals surface area contributed by atoms with E-state index in [0.717, 1.165) is 47.5 Å². The van der Waals surface area contributed by atoms with Gasteiger partial charge < -0.3 is 15.5 Å². The molecule has 3 N–H and O–H groups in total. The highest BCUT2D eigenvalue weighted by Gasteiger charge is 2.22. The molecule has 0 aliphatic heterocycles. The molecule has 0 saturated carbocycles. The van der Waals surface area contributed by atoms with E-state index in [2.05, 4.69) is 17.4 Å². The van der Waals surface area contributed by atoms with Crippen molar-refractivity contribution >= 4 is 17.2 Å². The van der Waals surface area contributed by atoms with Gasteiger partial charge in [0.25, 0.3) is 5.91 Å². The van der Waals surface area contributed by atoms with Crippen LogP contribution < -0.4 is 11.1 Å². The van der Waals surface area contributed by atoms with Gasteiger partial charge in [0.05, 0.1) is 16.8 Å². The summed E-state index contributed by atoms with van der Waals surface area (Å²) in [6.45, 7) is 2.73. The number of amides is 1. The number of hydrogen-bond acceptors (Lipinski definition) is 4. The van der Waals surface area contributed by atoms with Crippen LogP contribution in [-0.4, -0.2) is 20.3 Å². The zero-order valence-electron chi connectivity index (χ0n) is 16.9. The van der Waals surface area contributed by atoms with E-state index in [4.69, 9.17) is 15.7 Å². The molecule has 0 radical (unpaired) electrons. The van der Waals surface area contributed by atoms with Crippen molar-refractivity contribution in [2.45, 2.75) is 32.7 Å². The molecule has 1 aromatic carbocycles. The molecule has 0 spiro atoms. The highest BCUT2D eigenvalue weighted by atomic mass is 16.1. The van der Waals surface area contributed by atoms with Gasteiger partial charge in [0.15, 0.2) is 5.82 Å². The maximum atomic E-state index is 11.9. The average molecular weight is 397 g/mol. The van der Waals surface area contributed by atoms with Gasteiger partial charge in [-0.1, -0.05) is 30.3 Å². The van der Waals surface area contributed by atoms with Gasteiger partial charge in [-0.25, -0.2) is 9.97 Å². The van der Waals surface area contributed by atoms with Gasteiger partial charge in [0, 0.05) is 24.0 Å². The van der Waals surface area contributed by atoms with E-state index in [1.54, 1.807) is 6.07 Å². The summed E-state index contributed by atoms with van der Waals surface area (Å²) in [5.74, 6) is 1.13. The summed E-state index contributed by atoms with van der Waals surface area (Å²) in [7, 11) is 0. The number of hydrogen-bond donors (Lipinski definition) is 2. The first kappa shape index (κ1) is 18.4. The minimum atomic E-state index is -0.440. The fraction of sp³-hybridized carbons (Fsp3) is 0.208. The Bertz CT molecular complexity index is 1260. The Labute approximate surface area is 174 Å². The van der Waals surface area contributed by atoms with Crippen LogP contribution in [-0.2, 0) is 19.4 Å². The lowest BCUT2D eigenvalue weighted by Crippen LogP contribution is -2.12. The summed E-state index contributed by atoms with van der Waals surface area (Å²) in [6, 6.07) is 15.9. The van der Waals surface area contributed by atoms with Gasteiger partial charge in [-0.05, 0) is 55.5 Å². The maximum Gasteiger partial charge on any atom is 0.250 e. The maximum absolute atomic E-state index is 11.9. The number of carbonyl (C=O) groups is 1. The van der Waals surface area contributed by atoms with Gasteiger partial charge in [-0.2, -0.15) is 0 Å². The van der Waals surface area contributed by atoms with Crippen molar-refractivity contribution in [3.8, 4) is 11.5 Å². The van der Waals surface area contributed by atoms with Crippen molar-refractivity contribution in [3.05, 3.63) is 82.7 Å². The smallest absolute Gasteiger partial charge is 0.250 e. The molecule has 1 aliphatic rings. The normalized spacial score (nSPS) is 12.8. The van der Waals surface area contributed by atoms with Crippen LogP contribution in [0.5, 0.6) is 0 Å². The van der Waals surface area contributed by atoms with Crippen molar-refractivity contribution in [2.24, 2.45) is 5.73 Å². The van der Waals surface area contributed by atoms with Crippen LogP contribution in [0.25, 0.3) is 17.0 Å². The Morgan fingerprint density at radius 1 is 1.13 bits per heavy atom. The van der Waals surface area contributed by atoms with E-state index in [0.29, 0.717) is 17.9 Å². The van der Waals surface area contributed by atoms with Crippen LogP contribution in [0.1, 0.15) is 39.2 Å². The topological polar surface area (TPSA) is 85.3 Å². The number of nitrogens with two attached hydrogens (primary N) is 1. The third kappa shape index (κ3) is 3.10. The monoisotopic (exact) mass is 397 g/mol. The Morgan fingerprint density at radius 2 is 1.97 bits per heavy atom. The summed E-state index contributed by atoms with van der Waals surface area (Å²) < 4.78 is 1.97. The Morgan fingerprint density at radius 3 is 2.77 bits per heavy atom. The number of nitrogens with zero attached hydrogens (tertiary/aromatic N) is 3. The number of anilines is 1. The molecule has 0 fully saturated rings. The van der Waals surface area contributed by atoms with Gasteiger partial charge in [-0.3, -0.25) is 4.79 Å². The number of fused-ring (bicyclic) bond motifs is 2. The lowest BCUT2D eigenvalue weighted by atomic mass is 10.2. The third-order valence-electron chi connectivity index (χ3n) is 5.71. The summed E-state index contributed by atoms with van der Waals surface area (Å²) in [4.78, 5) is 21.7. The van der Waals surface area contributed by atoms with Crippen molar-refractivity contribution in [1.29, 1.82) is 0 Å². The molecule has 3 heterocycles. The molecule has 1 amide bonds. The number of pyridine rings is 1. The number of aromatic nitrogens is 3. The lowest BCUT2D eigenvalue weighted by Gasteiger charge is -2.13. The Hall–Kier alpha value is -3.67. The van der Waals surface area contributed by atoms with E-state index < -0.39 is 5.91 Å². The van der Waals surface area contributed by atoms with Crippen LogP contribution in [0.3, 0.4) is 0 Å². The minimum Gasteiger partial charge on any atom is -0.366 e. The average Bonchev–Trinajstić information content (AvgIpc) is 3.35. The molecule has 30 heavy (non-hydrogen) atoms. The molecular weight excluding hydrogens is 374 g/mol. The summed E-state index contributed by atoms with van der Waals surface area (Å²) >= 11 is 0. The van der Waals surface area contributed by atoms with Crippen LogP contribution in [0, 0.1) is 6.92 Å². The van der Waals surface area contributed by atoms with Gasteiger partial charge in [-0.15, -0.1) is 0 Å². The number of aryl methyl sites for hydroxylation is 2. The van der Waals surface area contributed by atoms with Gasteiger partial charge >= 0.3 is 0 Å². The standard InChI is InChI=1S/C24H23N5O/c1-15-13-20-18(22(25)30)10-6-12-29(20)21(15)24-27-19-11-5-9-17(19)23(28-24)26-14-16-7-3-2-4-8-16/h2-4,6-8,10,12-13H,5,9,11,14H2,1H3,(H2,25,30)(H,26,27,28). The van der Waals surface area contributed by atoms with Gasteiger partial charge in [0.1, 0.15) is 5.82 Å². The molecule has 5 rings (SSSR count). The van der Waals surface area contributed by atoms with Crippen molar-refractivity contribution in [1.82, 2.24) is 14.4 Å². The minimum absolute atomic E-state index is 0.440. The third-order valence-corrected chi connectivity index (χ3v) is 5.71. The quantitative estimate of drug-likeness (QED) is 0.535. The van der Waals surface area contributed by atoms with Gasteiger partial charge in [0.2, 0.25) is 0 Å². The molecule has 4 aromatic rings. The van der Waals surface area contributed by atoms with E-state index in [-0.39, 0.29) is 0 Å². The second-order valence-electron chi connectivity index (χ2n) is 7.73. The lowest BCUT2D eigenvalue weighted by molar-refractivity contribution is 0.100. The van der Waals surface area contributed by atoms with Crippen LogP contribution in [0.15, 0.2) is 54.7 Å². The molecular formula is C24H23N5O. The molecule has 150 valence electrons. The van der Waals surface area contributed by atoms with E-state index in [9.17, 15) is 4.79 Å². The predicted octanol–water partition coefficient (Wildman–Crippen LogP) is 3.90. The summed E-state index contributed by atoms with van der Waals surface area (Å²) in [6.07, 6.45) is 4.97. The number of benzene rings is 1. The fourth-order valence-electron chi connectivity index (χ4n) is 4.29.